The standard InChI is InChI=1S/C8H18NO2S.K/c1-3-5-6-7-8(4-2)12(9,10)11;/h8H,3-7H2,1-2H3,(H-,9,10,11);/q-1;+1. The van der Waals surface area contributed by atoms with E-state index in [0.717, 1.165) is 19.3 Å². The first-order valence-corrected chi connectivity index (χ1v) is 6.05. The summed E-state index contributed by atoms with van der Waals surface area (Å²) in [6.45, 7) is 3.90. The van der Waals surface area contributed by atoms with Gasteiger partial charge in [-0.15, -0.1) is 0 Å². The van der Waals surface area contributed by atoms with Crippen LogP contribution in [0.15, 0.2) is 0 Å². The summed E-state index contributed by atoms with van der Waals surface area (Å²) in [6.07, 6.45) is 4.29. The van der Waals surface area contributed by atoms with Crippen molar-refractivity contribution in [3.8, 4) is 0 Å². The molecule has 1 unspecified atom stereocenters. The van der Waals surface area contributed by atoms with Gasteiger partial charge >= 0.3 is 51.4 Å². The Kier molecular flexibility index (Phi) is 11.5. The summed E-state index contributed by atoms with van der Waals surface area (Å²) in [5.41, 5.74) is 0. The van der Waals surface area contributed by atoms with Gasteiger partial charge in [0.15, 0.2) is 0 Å². The molecule has 0 aliphatic heterocycles. The van der Waals surface area contributed by atoms with Crippen molar-refractivity contribution in [1.82, 2.24) is 0 Å². The molecule has 74 valence electrons. The normalized spacial score (nSPS) is 13.5. The molecule has 0 aliphatic rings. The number of sulfonamides is 1. The fourth-order valence-electron chi connectivity index (χ4n) is 1.20. The quantitative estimate of drug-likeness (QED) is 0.467. The summed E-state index contributed by atoms with van der Waals surface area (Å²) in [4.78, 5) is 0. The van der Waals surface area contributed by atoms with Gasteiger partial charge in [0, 0.05) is 5.25 Å². The van der Waals surface area contributed by atoms with Crippen molar-refractivity contribution in [1.29, 1.82) is 0 Å². The molecule has 0 radical (unpaired) electrons. The minimum atomic E-state index is -3.55. The van der Waals surface area contributed by atoms with Gasteiger partial charge in [-0.25, -0.2) is 8.42 Å². The van der Waals surface area contributed by atoms with E-state index < -0.39 is 15.3 Å². The summed E-state index contributed by atoms with van der Waals surface area (Å²) in [5, 5.41) is 6.46. The third-order valence-corrected chi connectivity index (χ3v) is 3.47. The average molecular weight is 231 g/mol. The second kappa shape index (κ2) is 8.82. The van der Waals surface area contributed by atoms with E-state index in [0.29, 0.717) is 12.8 Å². The van der Waals surface area contributed by atoms with Gasteiger partial charge in [0.05, 0.1) is 10.0 Å². The van der Waals surface area contributed by atoms with E-state index in [1.54, 1.807) is 0 Å². The number of hydrogen-bond acceptors (Lipinski definition) is 2. The van der Waals surface area contributed by atoms with Crippen LogP contribution >= 0.6 is 0 Å². The number of nitrogens with one attached hydrogen (secondary N) is 1. The first-order chi connectivity index (χ1) is 5.52. The molecule has 0 heterocycles. The number of rotatable bonds is 6. The fraction of sp³-hybridized carbons (Fsp3) is 1.00. The van der Waals surface area contributed by atoms with Crippen molar-refractivity contribution in [2.45, 2.75) is 51.2 Å². The Bertz CT molecular complexity index is 204. The van der Waals surface area contributed by atoms with Crippen molar-refractivity contribution in [3.05, 3.63) is 5.14 Å². The minimum Gasteiger partial charge on any atom is -0.564 e. The Hall–Kier alpha value is 1.55. The molecular formula is C8H18KNO2S. The average Bonchev–Trinajstić information content (AvgIpc) is 1.95. The summed E-state index contributed by atoms with van der Waals surface area (Å²) in [6, 6.07) is 0. The first-order valence-electron chi connectivity index (χ1n) is 4.50. The van der Waals surface area contributed by atoms with Crippen molar-refractivity contribution < 1.29 is 59.8 Å². The predicted molar refractivity (Wildman–Crippen MR) is 51.5 cm³/mol. The van der Waals surface area contributed by atoms with E-state index in [1.165, 1.54) is 0 Å². The second-order valence-corrected chi connectivity index (χ2v) is 4.83. The van der Waals surface area contributed by atoms with E-state index in [4.69, 9.17) is 5.14 Å². The van der Waals surface area contributed by atoms with Gasteiger partial charge in [-0.05, 0) is 12.8 Å². The molecule has 1 atom stereocenters. The molecule has 3 nitrogen and oxygen atoms in total. The Morgan fingerprint density at radius 1 is 1.23 bits per heavy atom. The van der Waals surface area contributed by atoms with Crippen LogP contribution in [0.1, 0.15) is 46.0 Å². The Morgan fingerprint density at radius 3 is 2.08 bits per heavy atom. The van der Waals surface area contributed by atoms with E-state index in [2.05, 4.69) is 6.92 Å². The Morgan fingerprint density at radius 2 is 1.77 bits per heavy atom. The first kappa shape index (κ1) is 17.0. The maximum Gasteiger partial charge on any atom is 1.00 e. The second-order valence-electron chi connectivity index (χ2n) is 3.07. The van der Waals surface area contributed by atoms with E-state index in [9.17, 15) is 8.42 Å². The maximum atomic E-state index is 10.8. The molecule has 5 heteroatoms. The van der Waals surface area contributed by atoms with Crippen LogP contribution in [-0.2, 0) is 10.0 Å². The van der Waals surface area contributed by atoms with Gasteiger partial charge in [-0.3, -0.25) is 0 Å². The van der Waals surface area contributed by atoms with Gasteiger partial charge in [-0.2, -0.15) is 0 Å². The summed E-state index contributed by atoms with van der Waals surface area (Å²) >= 11 is 0. The molecule has 0 fully saturated rings. The maximum absolute atomic E-state index is 10.8. The summed E-state index contributed by atoms with van der Waals surface area (Å²) in [7, 11) is -3.55. The third kappa shape index (κ3) is 8.54. The van der Waals surface area contributed by atoms with Gasteiger partial charge < -0.3 is 5.14 Å². The van der Waals surface area contributed by atoms with Crippen LogP contribution < -0.4 is 51.4 Å². The third-order valence-electron chi connectivity index (χ3n) is 2.02. The van der Waals surface area contributed by atoms with Crippen LogP contribution in [0.3, 0.4) is 0 Å². The van der Waals surface area contributed by atoms with Crippen LogP contribution in [0.5, 0.6) is 0 Å². The van der Waals surface area contributed by atoms with E-state index in [1.807, 2.05) is 6.92 Å². The van der Waals surface area contributed by atoms with Crippen LogP contribution in [0, 0.1) is 0 Å². The molecular weight excluding hydrogens is 213 g/mol. The molecule has 0 aromatic rings. The van der Waals surface area contributed by atoms with Gasteiger partial charge in [0.25, 0.3) is 0 Å². The zero-order valence-electron chi connectivity index (χ0n) is 8.84. The zero-order chi connectivity index (χ0) is 9.61. The molecule has 0 amide bonds. The Labute approximate surface area is 124 Å². The van der Waals surface area contributed by atoms with Crippen molar-refractivity contribution in [2.75, 3.05) is 0 Å². The smallest absolute Gasteiger partial charge is 0.564 e. The fourth-order valence-corrected chi connectivity index (χ4v) is 2.12. The molecule has 13 heavy (non-hydrogen) atoms. The van der Waals surface area contributed by atoms with E-state index in [-0.39, 0.29) is 51.4 Å². The molecule has 0 aliphatic carbocycles. The monoisotopic (exact) mass is 231 g/mol. The molecule has 0 rings (SSSR count). The van der Waals surface area contributed by atoms with Crippen LogP contribution in [0.25, 0.3) is 5.14 Å². The molecule has 0 saturated heterocycles. The number of hydrogen-bond donors (Lipinski definition) is 0. The van der Waals surface area contributed by atoms with Gasteiger partial charge in [0.2, 0.25) is 0 Å². The zero-order valence-corrected chi connectivity index (χ0v) is 12.8. The van der Waals surface area contributed by atoms with Crippen LogP contribution in [-0.4, -0.2) is 13.7 Å². The SMILES string of the molecule is CCCCCC(CC)S([NH-])(=O)=O.[K+]. The molecule has 1 N–H and O–H groups in total. The van der Waals surface area contributed by atoms with Crippen LogP contribution in [0.4, 0.5) is 0 Å². The molecule has 0 saturated carbocycles. The van der Waals surface area contributed by atoms with Crippen LogP contribution in [0.2, 0.25) is 0 Å². The molecule has 0 spiro atoms. The van der Waals surface area contributed by atoms with Crippen molar-refractivity contribution in [3.63, 3.8) is 0 Å². The minimum absolute atomic E-state index is 0. The summed E-state index contributed by atoms with van der Waals surface area (Å²) < 4.78 is 21.6. The predicted octanol–water partition coefficient (Wildman–Crippen LogP) is -0.269. The molecule has 0 aromatic heterocycles. The Balaban J connectivity index is 0. The topological polar surface area (TPSA) is 57.9 Å². The largest absolute Gasteiger partial charge is 1.00 e. The van der Waals surface area contributed by atoms with Gasteiger partial charge in [-0.1, -0.05) is 33.1 Å². The number of unbranched alkanes of at least 4 members (excludes halogenated alkanes) is 2. The molecule has 0 bridgehead atoms. The van der Waals surface area contributed by atoms with E-state index >= 15 is 0 Å². The van der Waals surface area contributed by atoms with Gasteiger partial charge in [0.1, 0.15) is 0 Å². The summed E-state index contributed by atoms with van der Waals surface area (Å²) in [5.74, 6) is 0. The van der Waals surface area contributed by atoms with Crippen molar-refractivity contribution in [2.24, 2.45) is 0 Å². The molecule has 0 aromatic carbocycles. The van der Waals surface area contributed by atoms with Crippen molar-refractivity contribution >= 4 is 10.0 Å².